The van der Waals surface area contributed by atoms with Crippen LogP contribution in [-0.4, -0.2) is 43.6 Å². The van der Waals surface area contributed by atoms with Crippen LogP contribution in [0.3, 0.4) is 0 Å². The van der Waals surface area contributed by atoms with Crippen molar-refractivity contribution in [3.8, 4) is 11.5 Å². The third kappa shape index (κ3) is 3.35. The SMILES string of the molecule is COC(=O)c1ccc(C(=O)N2CCC[C@H]2c2ccc3c(c2)OCCO3)cc1. The Morgan fingerprint density at radius 2 is 1.70 bits per heavy atom. The Morgan fingerprint density at radius 1 is 1.00 bits per heavy atom. The van der Waals surface area contributed by atoms with Crippen molar-refractivity contribution in [1.29, 1.82) is 0 Å². The number of rotatable bonds is 3. The van der Waals surface area contributed by atoms with Gasteiger partial charge in [-0.1, -0.05) is 6.07 Å². The van der Waals surface area contributed by atoms with Crippen molar-refractivity contribution in [3.05, 3.63) is 59.2 Å². The minimum absolute atomic E-state index is 0.00797. The lowest BCUT2D eigenvalue weighted by atomic mass is 10.0. The first kappa shape index (κ1) is 17.4. The van der Waals surface area contributed by atoms with Crippen molar-refractivity contribution >= 4 is 11.9 Å². The van der Waals surface area contributed by atoms with E-state index in [9.17, 15) is 9.59 Å². The molecule has 0 aliphatic carbocycles. The standard InChI is InChI=1S/C21H21NO5/c1-25-21(24)15-6-4-14(5-7-15)20(23)22-10-2-3-17(22)16-8-9-18-19(13-16)27-12-11-26-18/h4-9,13,17H,2-3,10-12H2,1H3/t17-/m0/s1. The Bertz CT molecular complexity index is 861. The Hall–Kier alpha value is -3.02. The van der Waals surface area contributed by atoms with E-state index < -0.39 is 5.97 Å². The fourth-order valence-corrected chi connectivity index (χ4v) is 3.66. The lowest BCUT2D eigenvalue weighted by Gasteiger charge is -2.27. The van der Waals surface area contributed by atoms with Crippen molar-refractivity contribution in [1.82, 2.24) is 4.90 Å². The third-order valence-corrected chi connectivity index (χ3v) is 5.02. The molecule has 0 unspecified atom stereocenters. The number of methoxy groups -OCH3 is 1. The molecular weight excluding hydrogens is 346 g/mol. The number of amides is 1. The Balaban J connectivity index is 1.56. The highest BCUT2D eigenvalue weighted by Crippen LogP contribution is 2.38. The van der Waals surface area contributed by atoms with Gasteiger partial charge in [0.2, 0.25) is 0 Å². The fourth-order valence-electron chi connectivity index (χ4n) is 3.66. The monoisotopic (exact) mass is 367 g/mol. The predicted octanol–water partition coefficient (Wildman–Crippen LogP) is 3.22. The number of esters is 1. The van der Waals surface area contributed by atoms with E-state index in [1.54, 1.807) is 24.3 Å². The van der Waals surface area contributed by atoms with Crippen LogP contribution in [0.25, 0.3) is 0 Å². The number of nitrogens with zero attached hydrogens (tertiary/aromatic N) is 1. The summed E-state index contributed by atoms with van der Waals surface area (Å²) in [5.41, 5.74) is 2.04. The van der Waals surface area contributed by atoms with Gasteiger partial charge in [-0.3, -0.25) is 4.79 Å². The first-order chi connectivity index (χ1) is 13.2. The summed E-state index contributed by atoms with van der Waals surface area (Å²) < 4.78 is 16.0. The van der Waals surface area contributed by atoms with Crippen molar-refractivity contribution in [2.75, 3.05) is 26.9 Å². The van der Waals surface area contributed by atoms with Crippen LogP contribution in [0.1, 0.15) is 45.2 Å². The molecule has 27 heavy (non-hydrogen) atoms. The van der Waals surface area contributed by atoms with Gasteiger partial charge < -0.3 is 19.1 Å². The summed E-state index contributed by atoms with van der Waals surface area (Å²) in [6.07, 6.45) is 1.86. The number of hydrogen-bond acceptors (Lipinski definition) is 5. The fraction of sp³-hybridized carbons (Fsp3) is 0.333. The zero-order valence-electron chi connectivity index (χ0n) is 15.1. The van der Waals surface area contributed by atoms with Crippen LogP contribution in [0.2, 0.25) is 0 Å². The Kier molecular flexibility index (Phi) is 4.71. The summed E-state index contributed by atoms with van der Waals surface area (Å²) in [5.74, 6) is 1.04. The molecule has 0 aromatic heterocycles. The largest absolute Gasteiger partial charge is 0.486 e. The van der Waals surface area contributed by atoms with Crippen molar-refractivity contribution in [3.63, 3.8) is 0 Å². The molecule has 2 aliphatic heterocycles. The van der Waals surface area contributed by atoms with Crippen LogP contribution in [0.5, 0.6) is 11.5 Å². The van der Waals surface area contributed by atoms with Crippen LogP contribution in [0.15, 0.2) is 42.5 Å². The highest BCUT2D eigenvalue weighted by molar-refractivity contribution is 5.96. The van der Waals surface area contributed by atoms with E-state index in [4.69, 9.17) is 14.2 Å². The quantitative estimate of drug-likeness (QED) is 0.780. The molecule has 4 rings (SSSR count). The summed E-state index contributed by atoms with van der Waals surface area (Å²) >= 11 is 0. The summed E-state index contributed by atoms with van der Waals surface area (Å²) in [5, 5.41) is 0. The molecule has 2 aromatic rings. The van der Waals surface area contributed by atoms with E-state index in [0.29, 0.717) is 30.9 Å². The maximum Gasteiger partial charge on any atom is 0.337 e. The van der Waals surface area contributed by atoms with E-state index in [0.717, 1.165) is 29.9 Å². The van der Waals surface area contributed by atoms with E-state index in [1.165, 1.54) is 7.11 Å². The van der Waals surface area contributed by atoms with Gasteiger partial charge in [-0.15, -0.1) is 0 Å². The molecule has 6 heteroatoms. The third-order valence-electron chi connectivity index (χ3n) is 5.02. The average Bonchev–Trinajstić information content (AvgIpc) is 3.22. The number of hydrogen-bond donors (Lipinski definition) is 0. The number of fused-ring (bicyclic) bond motifs is 1. The summed E-state index contributed by atoms with van der Waals surface area (Å²) in [4.78, 5) is 26.5. The van der Waals surface area contributed by atoms with Gasteiger partial charge in [0, 0.05) is 12.1 Å². The molecule has 0 spiro atoms. The lowest BCUT2D eigenvalue weighted by molar-refractivity contribution is 0.0599. The second-order valence-electron chi connectivity index (χ2n) is 6.63. The van der Waals surface area contributed by atoms with Crippen molar-refractivity contribution in [2.45, 2.75) is 18.9 Å². The molecule has 1 fully saturated rings. The molecule has 0 saturated carbocycles. The van der Waals surface area contributed by atoms with Crippen LogP contribution in [0.4, 0.5) is 0 Å². The molecule has 1 saturated heterocycles. The van der Waals surface area contributed by atoms with Crippen LogP contribution in [0, 0.1) is 0 Å². The van der Waals surface area contributed by atoms with Crippen molar-refractivity contribution in [2.24, 2.45) is 0 Å². The maximum absolute atomic E-state index is 13.0. The van der Waals surface area contributed by atoms with Crippen LogP contribution in [-0.2, 0) is 4.74 Å². The summed E-state index contributed by atoms with van der Waals surface area (Å²) in [7, 11) is 1.34. The number of carbonyl (C=O) groups excluding carboxylic acids is 2. The zero-order valence-corrected chi connectivity index (χ0v) is 15.1. The average molecular weight is 367 g/mol. The number of likely N-dealkylation sites (tertiary alicyclic amines) is 1. The molecule has 6 nitrogen and oxygen atoms in total. The minimum Gasteiger partial charge on any atom is -0.486 e. The van der Waals surface area contributed by atoms with Crippen LogP contribution < -0.4 is 9.47 Å². The lowest BCUT2D eigenvalue weighted by Crippen LogP contribution is -2.30. The smallest absolute Gasteiger partial charge is 0.337 e. The van der Waals surface area contributed by atoms with E-state index in [2.05, 4.69) is 0 Å². The molecule has 0 radical (unpaired) electrons. The summed E-state index contributed by atoms with van der Waals surface area (Å²) in [6, 6.07) is 12.5. The van der Waals surface area contributed by atoms with E-state index in [-0.39, 0.29) is 11.9 Å². The highest BCUT2D eigenvalue weighted by Gasteiger charge is 2.31. The molecule has 2 aromatic carbocycles. The van der Waals surface area contributed by atoms with Gasteiger partial charge in [-0.05, 0) is 54.8 Å². The van der Waals surface area contributed by atoms with Gasteiger partial charge in [-0.25, -0.2) is 4.79 Å². The normalized spacial score (nSPS) is 18.3. The van der Waals surface area contributed by atoms with Gasteiger partial charge in [0.15, 0.2) is 11.5 Å². The first-order valence-electron chi connectivity index (χ1n) is 9.06. The predicted molar refractivity (Wildman–Crippen MR) is 98.2 cm³/mol. The Morgan fingerprint density at radius 3 is 2.44 bits per heavy atom. The van der Waals surface area contributed by atoms with Gasteiger partial charge in [0.1, 0.15) is 13.2 Å². The van der Waals surface area contributed by atoms with Gasteiger partial charge >= 0.3 is 5.97 Å². The summed E-state index contributed by atoms with van der Waals surface area (Å²) in [6.45, 7) is 1.80. The molecule has 0 N–H and O–H groups in total. The first-order valence-corrected chi connectivity index (χ1v) is 9.06. The second kappa shape index (κ2) is 7.31. The molecular formula is C21H21NO5. The molecule has 2 aliphatic rings. The van der Waals surface area contributed by atoms with E-state index >= 15 is 0 Å². The number of ether oxygens (including phenoxy) is 3. The molecule has 140 valence electrons. The van der Waals surface area contributed by atoms with Gasteiger partial charge in [0.05, 0.1) is 18.7 Å². The molecule has 2 heterocycles. The molecule has 1 atom stereocenters. The minimum atomic E-state index is -0.413. The topological polar surface area (TPSA) is 65.1 Å². The van der Waals surface area contributed by atoms with Crippen LogP contribution >= 0.6 is 0 Å². The second-order valence-corrected chi connectivity index (χ2v) is 6.63. The van der Waals surface area contributed by atoms with Gasteiger partial charge in [0.25, 0.3) is 5.91 Å². The molecule has 1 amide bonds. The molecule has 0 bridgehead atoms. The van der Waals surface area contributed by atoms with E-state index in [1.807, 2.05) is 23.1 Å². The number of carbonyl (C=O) groups is 2. The van der Waals surface area contributed by atoms with Crippen molar-refractivity contribution < 1.29 is 23.8 Å². The number of benzene rings is 2. The van der Waals surface area contributed by atoms with Gasteiger partial charge in [-0.2, -0.15) is 0 Å². The highest BCUT2D eigenvalue weighted by atomic mass is 16.6. The Labute approximate surface area is 157 Å². The zero-order chi connectivity index (χ0) is 18.8. The maximum atomic E-state index is 13.0.